The van der Waals surface area contributed by atoms with Gasteiger partial charge in [-0.25, -0.2) is 4.98 Å². The molecule has 0 radical (unpaired) electrons. The summed E-state index contributed by atoms with van der Waals surface area (Å²) in [7, 11) is 2.06. The fraction of sp³-hybridized carbons (Fsp3) is 0.727. The molecule has 0 bridgehead atoms. The Hall–Kier alpha value is -0.610. The van der Waals surface area contributed by atoms with Gasteiger partial charge in [-0.05, 0) is 6.92 Å². The van der Waals surface area contributed by atoms with Crippen LogP contribution in [-0.4, -0.2) is 18.6 Å². The van der Waals surface area contributed by atoms with Gasteiger partial charge in [0.15, 0.2) is 5.13 Å². The standard InChI is InChI=1S/C11H21N3S/c1-6-14(5)10-13-9(11(2,3)4)8(7-12)15-10/h6-7,12H2,1-5H3. The number of nitrogens with two attached hydrogens (primary N) is 1. The fourth-order valence-electron chi connectivity index (χ4n) is 1.36. The van der Waals surface area contributed by atoms with E-state index in [1.165, 1.54) is 4.88 Å². The van der Waals surface area contributed by atoms with Crippen LogP contribution in [0.3, 0.4) is 0 Å². The Morgan fingerprint density at radius 1 is 1.40 bits per heavy atom. The summed E-state index contributed by atoms with van der Waals surface area (Å²) in [6.45, 7) is 10.2. The third kappa shape index (κ3) is 2.69. The third-order valence-corrected chi connectivity index (χ3v) is 3.57. The molecule has 1 aromatic heterocycles. The zero-order valence-electron chi connectivity index (χ0n) is 10.3. The van der Waals surface area contributed by atoms with Crippen molar-refractivity contribution >= 4 is 16.5 Å². The highest BCUT2D eigenvalue weighted by molar-refractivity contribution is 7.15. The van der Waals surface area contributed by atoms with Gasteiger partial charge in [0.25, 0.3) is 0 Å². The van der Waals surface area contributed by atoms with Crippen LogP contribution in [0.5, 0.6) is 0 Å². The van der Waals surface area contributed by atoms with Gasteiger partial charge in [-0.1, -0.05) is 20.8 Å². The topological polar surface area (TPSA) is 42.2 Å². The Morgan fingerprint density at radius 3 is 2.33 bits per heavy atom. The SMILES string of the molecule is CCN(C)c1nc(C(C)(C)C)c(CN)s1. The van der Waals surface area contributed by atoms with Crippen LogP contribution in [0.2, 0.25) is 0 Å². The summed E-state index contributed by atoms with van der Waals surface area (Å²) in [5.74, 6) is 0. The Labute approximate surface area is 96.3 Å². The van der Waals surface area contributed by atoms with E-state index in [1.54, 1.807) is 11.3 Å². The summed E-state index contributed by atoms with van der Waals surface area (Å²) in [5.41, 5.74) is 6.98. The van der Waals surface area contributed by atoms with Gasteiger partial charge >= 0.3 is 0 Å². The van der Waals surface area contributed by atoms with E-state index in [2.05, 4.69) is 44.6 Å². The van der Waals surface area contributed by atoms with Crippen molar-refractivity contribution in [1.29, 1.82) is 0 Å². The summed E-state index contributed by atoms with van der Waals surface area (Å²) in [4.78, 5) is 8.05. The van der Waals surface area contributed by atoms with Crippen molar-refractivity contribution in [1.82, 2.24) is 4.98 Å². The molecule has 86 valence electrons. The van der Waals surface area contributed by atoms with E-state index in [0.717, 1.165) is 17.4 Å². The maximum absolute atomic E-state index is 5.75. The first-order valence-electron chi connectivity index (χ1n) is 5.31. The van der Waals surface area contributed by atoms with Crippen LogP contribution in [-0.2, 0) is 12.0 Å². The molecule has 0 aliphatic heterocycles. The maximum atomic E-state index is 5.75. The van der Waals surface area contributed by atoms with Gasteiger partial charge in [0.2, 0.25) is 0 Å². The van der Waals surface area contributed by atoms with E-state index in [4.69, 9.17) is 5.73 Å². The quantitative estimate of drug-likeness (QED) is 0.862. The van der Waals surface area contributed by atoms with Crippen LogP contribution in [0.15, 0.2) is 0 Å². The first-order valence-corrected chi connectivity index (χ1v) is 6.13. The van der Waals surface area contributed by atoms with E-state index in [-0.39, 0.29) is 5.41 Å². The molecule has 0 aliphatic carbocycles. The molecular weight excluding hydrogens is 206 g/mol. The predicted octanol–water partition coefficient (Wildman–Crippen LogP) is 2.36. The molecule has 0 amide bonds. The number of thiazole rings is 1. The molecule has 1 aromatic rings. The molecule has 4 heteroatoms. The number of hydrogen-bond donors (Lipinski definition) is 1. The van der Waals surface area contributed by atoms with E-state index < -0.39 is 0 Å². The molecule has 3 nitrogen and oxygen atoms in total. The van der Waals surface area contributed by atoms with Crippen molar-refractivity contribution < 1.29 is 0 Å². The lowest BCUT2D eigenvalue weighted by Crippen LogP contribution is -2.18. The van der Waals surface area contributed by atoms with Crippen molar-refractivity contribution in [3.63, 3.8) is 0 Å². The smallest absolute Gasteiger partial charge is 0.185 e. The third-order valence-electron chi connectivity index (χ3n) is 2.38. The second-order valence-corrected chi connectivity index (χ2v) is 5.80. The minimum absolute atomic E-state index is 0.0814. The highest BCUT2D eigenvalue weighted by Gasteiger charge is 2.23. The first kappa shape index (κ1) is 12.5. The van der Waals surface area contributed by atoms with Crippen molar-refractivity contribution in [3.8, 4) is 0 Å². The van der Waals surface area contributed by atoms with Crippen LogP contribution in [0.4, 0.5) is 5.13 Å². The molecule has 0 aromatic carbocycles. The Balaban J connectivity index is 3.11. The highest BCUT2D eigenvalue weighted by atomic mass is 32.1. The van der Waals surface area contributed by atoms with E-state index >= 15 is 0 Å². The van der Waals surface area contributed by atoms with Crippen molar-refractivity contribution in [2.24, 2.45) is 5.73 Å². The maximum Gasteiger partial charge on any atom is 0.185 e. The molecule has 15 heavy (non-hydrogen) atoms. The van der Waals surface area contributed by atoms with Gasteiger partial charge in [0, 0.05) is 30.4 Å². The number of aromatic nitrogens is 1. The van der Waals surface area contributed by atoms with Crippen molar-refractivity contribution in [3.05, 3.63) is 10.6 Å². The molecule has 2 N–H and O–H groups in total. The molecule has 1 heterocycles. The predicted molar refractivity (Wildman–Crippen MR) is 67.6 cm³/mol. The monoisotopic (exact) mass is 227 g/mol. The summed E-state index contributed by atoms with van der Waals surface area (Å²) < 4.78 is 0. The van der Waals surface area contributed by atoms with Gasteiger partial charge in [-0.3, -0.25) is 0 Å². The molecule has 0 spiro atoms. The molecule has 0 saturated heterocycles. The summed E-state index contributed by atoms with van der Waals surface area (Å²) in [5, 5.41) is 1.07. The van der Waals surface area contributed by atoms with Crippen molar-refractivity contribution in [2.45, 2.75) is 39.7 Å². The molecular formula is C11H21N3S. The Kier molecular flexibility index (Phi) is 3.73. The first-order chi connectivity index (χ1) is 6.90. The summed E-state index contributed by atoms with van der Waals surface area (Å²) in [6.07, 6.45) is 0. The molecule has 0 unspecified atom stereocenters. The average Bonchev–Trinajstić information content (AvgIpc) is 2.59. The average molecular weight is 227 g/mol. The summed E-state index contributed by atoms with van der Waals surface area (Å²) in [6, 6.07) is 0. The Bertz CT molecular complexity index is 325. The lowest BCUT2D eigenvalue weighted by atomic mass is 9.91. The largest absolute Gasteiger partial charge is 0.351 e. The molecule has 0 aliphatic rings. The number of anilines is 1. The number of rotatable bonds is 3. The minimum Gasteiger partial charge on any atom is -0.351 e. The van der Waals surface area contributed by atoms with Gasteiger partial charge < -0.3 is 10.6 Å². The van der Waals surface area contributed by atoms with Crippen LogP contribution < -0.4 is 10.6 Å². The van der Waals surface area contributed by atoms with Crippen LogP contribution in [0.1, 0.15) is 38.3 Å². The van der Waals surface area contributed by atoms with E-state index in [0.29, 0.717) is 6.54 Å². The lowest BCUT2D eigenvalue weighted by Gasteiger charge is -2.17. The summed E-state index contributed by atoms with van der Waals surface area (Å²) >= 11 is 1.71. The molecule has 0 saturated carbocycles. The zero-order chi connectivity index (χ0) is 11.6. The molecule has 0 fully saturated rings. The van der Waals surface area contributed by atoms with Crippen LogP contribution in [0.25, 0.3) is 0 Å². The Morgan fingerprint density at radius 2 is 2.00 bits per heavy atom. The molecule has 0 atom stereocenters. The normalized spacial score (nSPS) is 11.9. The second kappa shape index (κ2) is 4.49. The number of nitrogens with zero attached hydrogens (tertiary/aromatic N) is 2. The lowest BCUT2D eigenvalue weighted by molar-refractivity contribution is 0.566. The van der Waals surface area contributed by atoms with Crippen LogP contribution in [0, 0.1) is 0 Å². The van der Waals surface area contributed by atoms with Gasteiger partial charge in [0.05, 0.1) is 5.69 Å². The van der Waals surface area contributed by atoms with E-state index in [1.807, 2.05) is 0 Å². The van der Waals surface area contributed by atoms with Gasteiger partial charge in [0.1, 0.15) is 0 Å². The van der Waals surface area contributed by atoms with Crippen molar-refractivity contribution in [2.75, 3.05) is 18.5 Å². The van der Waals surface area contributed by atoms with Gasteiger partial charge in [-0.15, -0.1) is 11.3 Å². The van der Waals surface area contributed by atoms with E-state index in [9.17, 15) is 0 Å². The number of hydrogen-bond acceptors (Lipinski definition) is 4. The fourth-order valence-corrected chi connectivity index (χ4v) is 2.54. The zero-order valence-corrected chi connectivity index (χ0v) is 11.1. The van der Waals surface area contributed by atoms with Crippen LogP contribution >= 0.6 is 11.3 Å². The second-order valence-electron chi connectivity index (χ2n) is 4.74. The van der Waals surface area contributed by atoms with Gasteiger partial charge in [-0.2, -0.15) is 0 Å². The highest BCUT2D eigenvalue weighted by Crippen LogP contribution is 2.32. The molecule has 1 rings (SSSR count). The minimum atomic E-state index is 0.0814.